The predicted molar refractivity (Wildman–Crippen MR) is 109 cm³/mol. The number of amides is 2. The van der Waals surface area contributed by atoms with Crippen LogP contribution in [0.4, 0.5) is 10.1 Å². The number of hydrazine groups is 1. The summed E-state index contributed by atoms with van der Waals surface area (Å²) < 4.78 is 18.4. The number of nitrogens with zero attached hydrogens (tertiary/aromatic N) is 3. The lowest BCUT2D eigenvalue weighted by Crippen LogP contribution is -2.52. The minimum absolute atomic E-state index is 0.157. The van der Waals surface area contributed by atoms with E-state index in [-0.39, 0.29) is 24.3 Å². The van der Waals surface area contributed by atoms with Gasteiger partial charge in [-0.3, -0.25) is 14.6 Å². The van der Waals surface area contributed by atoms with Crippen molar-refractivity contribution < 1.29 is 18.7 Å². The largest absolute Gasteiger partial charge is 0.495 e. The third-order valence-corrected chi connectivity index (χ3v) is 5.19. The van der Waals surface area contributed by atoms with Gasteiger partial charge in [0.1, 0.15) is 30.5 Å². The fourth-order valence-corrected chi connectivity index (χ4v) is 3.64. The Kier molecular flexibility index (Phi) is 5.56. The maximum absolute atomic E-state index is 13.2. The van der Waals surface area contributed by atoms with Gasteiger partial charge in [-0.05, 0) is 42.3 Å². The Morgan fingerprint density at radius 3 is 2.83 bits per heavy atom. The van der Waals surface area contributed by atoms with E-state index in [2.05, 4.69) is 15.8 Å². The Morgan fingerprint density at radius 2 is 2.10 bits per heavy atom. The molecule has 8 nitrogen and oxygen atoms in total. The SMILES string of the molecule is COc1ccc(Cl)cc1NC(=O)CN1N=CN2NC(c3ccc(F)cc3)CC2C1=O. The van der Waals surface area contributed by atoms with Crippen LogP contribution in [0.1, 0.15) is 18.0 Å². The van der Waals surface area contributed by atoms with Gasteiger partial charge in [-0.1, -0.05) is 23.7 Å². The molecule has 2 aromatic carbocycles. The summed E-state index contributed by atoms with van der Waals surface area (Å²) >= 11 is 5.98. The Labute approximate surface area is 177 Å². The number of nitrogens with one attached hydrogen (secondary N) is 2. The predicted octanol–water partition coefficient (Wildman–Crippen LogP) is 2.53. The van der Waals surface area contributed by atoms with Crippen LogP contribution in [-0.4, -0.2) is 47.9 Å². The van der Waals surface area contributed by atoms with Crippen LogP contribution in [0, 0.1) is 5.82 Å². The van der Waals surface area contributed by atoms with Gasteiger partial charge < -0.3 is 10.1 Å². The van der Waals surface area contributed by atoms with Crippen molar-refractivity contribution in [1.29, 1.82) is 0 Å². The van der Waals surface area contributed by atoms with Crippen LogP contribution in [0.25, 0.3) is 0 Å². The van der Waals surface area contributed by atoms with E-state index in [1.807, 2.05) is 0 Å². The molecule has 156 valence electrons. The van der Waals surface area contributed by atoms with Gasteiger partial charge >= 0.3 is 0 Å². The molecule has 0 bridgehead atoms. The standard InChI is InChI=1S/C20H19ClFN5O3/c1-30-18-7-4-13(21)8-16(18)24-19(28)10-26-20(29)17-9-15(25-27(17)11-23-26)12-2-5-14(22)6-3-12/h2-8,11,15,17,25H,9-10H2,1H3,(H,24,28). The highest BCUT2D eigenvalue weighted by atomic mass is 35.5. The highest BCUT2D eigenvalue weighted by Gasteiger charge is 2.41. The molecule has 2 N–H and O–H groups in total. The Morgan fingerprint density at radius 1 is 1.33 bits per heavy atom. The number of halogens is 2. The minimum Gasteiger partial charge on any atom is -0.495 e. The first-order chi connectivity index (χ1) is 14.4. The molecule has 10 heteroatoms. The van der Waals surface area contributed by atoms with E-state index in [0.29, 0.717) is 22.9 Å². The average Bonchev–Trinajstić information content (AvgIpc) is 3.16. The van der Waals surface area contributed by atoms with E-state index in [1.54, 1.807) is 35.3 Å². The lowest BCUT2D eigenvalue weighted by Gasteiger charge is -2.29. The highest BCUT2D eigenvalue weighted by molar-refractivity contribution is 6.31. The van der Waals surface area contributed by atoms with E-state index in [4.69, 9.17) is 16.3 Å². The molecule has 2 atom stereocenters. The maximum Gasteiger partial charge on any atom is 0.267 e. The van der Waals surface area contributed by atoms with E-state index in [9.17, 15) is 14.0 Å². The normalized spacial score (nSPS) is 20.3. The molecule has 2 aromatic rings. The molecule has 2 aliphatic heterocycles. The van der Waals surface area contributed by atoms with Gasteiger partial charge in [0, 0.05) is 5.02 Å². The first-order valence-electron chi connectivity index (χ1n) is 9.23. The summed E-state index contributed by atoms with van der Waals surface area (Å²) in [7, 11) is 1.48. The summed E-state index contributed by atoms with van der Waals surface area (Å²) in [6, 6.07) is 10.3. The molecule has 4 rings (SSSR count). The lowest BCUT2D eigenvalue weighted by molar-refractivity contribution is -0.139. The Hall–Kier alpha value is -3.17. The number of anilines is 1. The molecule has 0 saturated carbocycles. The van der Waals surface area contributed by atoms with Crippen LogP contribution >= 0.6 is 11.6 Å². The number of fused-ring (bicyclic) bond motifs is 1. The number of methoxy groups -OCH3 is 1. The summed E-state index contributed by atoms with van der Waals surface area (Å²) in [5.74, 6) is -0.603. The number of ether oxygens (including phenoxy) is 1. The van der Waals surface area contributed by atoms with Crippen molar-refractivity contribution in [2.75, 3.05) is 19.0 Å². The topological polar surface area (TPSA) is 86.3 Å². The second-order valence-electron chi connectivity index (χ2n) is 6.91. The van der Waals surface area contributed by atoms with Gasteiger partial charge in [0.25, 0.3) is 5.91 Å². The molecule has 0 spiro atoms. The number of hydrogen-bond donors (Lipinski definition) is 2. The number of hydrogen-bond acceptors (Lipinski definition) is 6. The third kappa shape index (κ3) is 4.07. The summed E-state index contributed by atoms with van der Waals surface area (Å²) in [4.78, 5) is 25.3. The molecule has 1 fully saturated rings. The molecule has 0 aromatic heterocycles. The van der Waals surface area contributed by atoms with Gasteiger partial charge in [-0.2, -0.15) is 5.10 Å². The molecule has 2 heterocycles. The number of rotatable bonds is 5. The van der Waals surface area contributed by atoms with Crippen molar-refractivity contribution in [3.05, 3.63) is 58.9 Å². The zero-order valence-electron chi connectivity index (χ0n) is 16.0. The van der Waals surface area contributed by atoms with Crippen LogP contribution in [0.2, 0.25) is 5.02 Å². The smallest absolute Gasteiger partial charge is 0.267 e. The Balaban J connectivity index is 1.41. The summed E-state index contributed by atoms with van der Waals surface area (Å²) in [6.45, 7) is -0.253. The fraction of sp³-hybridized carbons (Fsp3) is 0.250. The van der Waals surface area contributed by atoms with Crippen LogP contribution < -0.4 is 15.5 Å². The van der Waals surface area contributed by atoms with E-state index >= 15 is 0 Å². The van der Waals surface area contributed by atoms with Crippen LogP contribution in [0.3, 0.4) is 0 Å². The monoisotopic (exact) mass is 431 g/mol. The molecule has 1 saturated heterocycles. The number of hydrazone groups is 1. The molecule has 30 heavy (non-hydrogen) atoms. The van der Waals surface area contributed by atoms with Crippen molar-refractivity contribution in [2.45, 2.75) is 18.5 Å². The van der Waals surface area contributed by atoms with Gasteiger partial charge in [0.15, 0.2) is 0 Å². The van der Waals surface area contributed by atoms with Gasteiger partial charge in [-0.25, -0.2) is 14.8 Å². The number of carbonyl (C=O) groups excluding carboxylic acids is 2. The van der Waals surface area contributed by atoms with E-state index in [1.165, 1.54) is 25.6 Å². The Bertz CT molecular complexity index is 1000. The van der Waals surface area contributed by atoms with Gasteiger partial charge in [-0.15, -0.1) is 0 Å². The van der Waals surface area contributed by atoms with Gasteiger partial charge in [0.2, 0.25) is 5.91 Å². The molecule has 0 aliphatic carbocycles. The molecular weight excluding hydrogens is 413 g/mol. The zero-order chi connectivity index (χ0) is 21.3. The highest BCUT2D eigenvalue weighted by Crippen LogP contribution is 2.30. The van der Waals surface area contributed by atoms with Crippen LogP contribution in [0.5, 0.6) is 5.75 Å². The molecule has 0 radical (unpaired) electrons. The van der Waals surface area contributed by atoms with Crippen molar-refractivity contribution >= 4 is 35.4 Å². The summed E-state index contributed by atoms with van der Waals surface area (Å²) in [5.41, 5.74) is 4.45. The number of carbonyl (C=O) groups is 2. The van der Waals surface area contributed by atoms with Crippen molar-refractivity contribution in [1.82, 2.24) is 15.4 Å². The molecule has 2 aliphatic rings. The maximum atomic E-state index is 13.2. The molecular formula is C20H19ClFN5O3. The second-order valence-corrected chi connectivity index (χ2v) is 7.35. The van der Waals surface area contributed by atoms with Crippen LogP contribution in [0.15, 0.2) is 47.6 Å². The van der Waals surface area contributed by atoms with Crippen molar-refractivity contribution in [3.63, 3.8) is 0 Å². The average molecular weight is 432 g/mol. The van der Waals surface area contributed by atoms with Gasteiger partial charge in [0.05, 0.1) is 18.8 Å². The van der Waals surface area contributed by atoms with Crippen LogP contribution in [-0.2, 0) is 9.59 Å². The zero-order valence-corrected chi connectivity index (χ0v) is 16.8. The number of benzene rings is 2. The second kappa shape index (κ2) is 8.29. The van der Waals surface area contributed by atoms with E-state index in [0.717, 1.165) is 10.6 Å². The van der Waals surface area contributed by atoms with Crippen molar-refractivity contribution in [3.8, 4) is 5.75 Å². The third-order valence-electron chi connectivity index (χ3n) is 4.96. The first kappa shape index (κ1) is 20.1. The molecule has 2 amide bonds. The quantitative estimate of drug-likeness (QED) is 0.759. The fourth-order valence-electron chi connectivity index (χ4n) is 3.47. The summed E-state index contributed by atoms with van der Waals surface area (Å²) in [5, 5.41) is 9.96. The summed E-state index contributed by atoms with van der Waals surface area (Å²) in [6.07, 6.45) is 1.94. The van der Waals surface area contributed by atoms with Crippen molar-refractivity contribution in [2.24, 2.45) is 5.10 Å². The lowest BCUT2D eigenvalue weighted by atomic mass is 10.0. The first-order valence-corrected chi connectivity index (χ1v) is 9.61. The van der Waals surface area contributed by atoms with E-state index < -0.39 is 11.9 Å². The minimum atomic E-state index is -0.508. The molecule has 2 unspecified atom stereocenters.